The van der Waals surface area contributed by atoms with Gasteiger partial charge in [0.1, 0.15) is 6.54 Å². The van der Waals surface area contributed by atoms with E-state index < -0.39 is 6.10 Å². The van der Waals surface area contributed by atoms with E-state index in [-0.39, 0.29) is 24.3 Å². The summed E-state index contributed by atoms with van der Waals surface area (Å²) in [5.74, 6) is 0.0622. The van der Waals surface area contributed by atoms with Crippen molar-refractivity contribution < 1.29 is 14.7 Å². The predicted octanol–water partition coefficient (Wildman–Crippen LogP) is 1.20. The first-order valence-corrected chi connectivity index (χ1v) is 7.94. The molecule has 2 atom stereocenters. The molecule has 3 rings (SSSR count). The van der Waals surface area contributed by atoms with Crippen LogP contribution >= 0.6 is 0 Å². The third-order valence-corrected chi connectivity index (χ3v) is 4.77. The normalized spacial score (nSPS) is 24.5. The number of hydrogen-bond acceptors (Lipinski definition) is 3. The number of benzene rings is 1. The zero-order valence-corrected chi connectivity index (χ0v) is 12.9. The van der Waals surface area contributed by atoms with E-state index in [0.717, 1.165) is 24.1 Å². The van der Waals surface area contributed by atoms with E-state index in [9.17, 15) is 14.7 Å². The Hall–Kier alpha value is -1.88. The molecule has 5 nitrogen and oxygen atoms in total. The van der Waals surface area contributed by atoms with Gasteiger partial charge < -0.3 is 14.9 Å². The number of carbonyl (C=O) groups excluding carboxylic acids is 2. The molecule has 1 saturated heterocycles. The summed E-state index contributed by atoms with van der Waals surface area (Å²) in [5.41, 5.74) is 1.96. The quantitative estimate of drug-likeness (QED) is 0.912. The van der Waals surface area contributed by atoms with Crippen LogP contribution < -0.4 is 4.90 Å². The van der Waals surface area contributed by atoms with Crippen LogP contribution in [0.15, 0.2) is 24.3 Å². The Labute approximate surface area is 130 Å². The van der Waals surface area contributed by atoms with Gasteiger partial charge in [0.2, 0.25) is 11.8 Å². The number of amides is 2. The van der Waals surface area contributed by atoms with Crippen molar-refractivity contribution >= 4 is 17.5 Å². The van der Waals surface area contributed by atoms with Gasteiger partial charge in [0.15, 0.2) is 0 Å². The molecule has 0 spiro atoms. The van der Waals surface area contributed by atoms with Crippen molar-refractivity contribution in [2.75, 3.05) is 24.5 Å². The number of aliphatic hydroxyl groups is 1. The number of fused-ring (bicyclic) bond motifs is 1. The first kappa shape index (κ1) is 15.0. The molecular weight excluding hydrogens is 280 g/mol. The first-order valence-electron chi connectivity index (χ1n) is 7.94. The summed E-state index contributed by atoms with van der Waals surface area (Å²) in [4.78, 5) is 28.0. The Morgan fingerprint density at radius 1 is 1.27 bits per heavy atom. The molecule has 2 aliphatic rings. The molecule has 0 bridgehead atoms. The van der Waals surface area contributed by atoms with Gasteiger partial charge >= 0.3 is 0 Å². The maximum absolute atomic E-state index is 12.5. The van der Waals surface area contributed by atoms with Gasteiger partial charge in [0, 0.05) is 31.1 Å². The van der Waals surface area contributed by atoms with Crippen molar-refractivity contribution in [3.05, 3.63) is 29.8 Å². The van der Waals surface area contributed by atoms with E-state index in [1.807, 2.05) is 31.2 Å². The highest BCUT2D eigenvalue weighted by atomic mass is 16.3. The van der Waals surface area contributed by atoms with Gasteiger partial charge in [0.25, 0.3) is 0 Å². The maximum Gasteiger partial charge on any atom is 0.242 e. The average Bonchev–Trinajstić information content (AvgIpc) is 2.91. The van der Waals surface area contributed by atoms with Crippen molar-refractivity contribution in [3.8, 4) is 0 Å². The van der Waals surface area contributed by atoms with Crippen molar-refractivity contribution in [3.63, 3.8) is 0 Å². The van der Waals surface area contributed by atoms with E-state index >= 15 is 0 Å². The van der Waals surface area contributed by atoms with Crippen LogP contribution in [-0.4, -0.2) is 47.6 Å². The van der Waals surface area contributed by atoms with E-state index in [2.05, 4.69) is 0 Å². The second kappa shape index (κ2) is 6.08. The number of nitrogens with zero attached hydrogens (tertiary/aromatic N) is 2. The number of likely N-dealkylation sites (tertiary alicyclic amines) is 1. The number of carbonyl (C=O) groups is 2. The summed E-state index contributed by atoms with van der Waals surface area (Å²) in [6.07, 6.45) is 1.60. The molecule has 1 aromatic carbocycles. The van der Waals surface area contributed by atoms with Crippen LogP contribution in [-0.2, 0) is 16.0 Å². The van der Waals surface area contributed by atoms with Gasteiger partial charge in [-0.2, -0.15) is 0 Å². The molecule has 1 N–H and O–H groups in total. The largest absolute Gasteiger partial charge is 0.391 e. The fraction of sp³-hybridized carbons (Fsp3) is 0.529. The van der Waals surface area contributed by atoms with Crippen LogP contribution in [0.3, 0.4) is 0 Å². The SMILES string of the molecule is CC[C@H]1CN(C(=O)CN2C(=O)CCc3ccccc32)C[C@H]1O. The monoisotopic (exact) mass is 302 g/mol. The lowest BCUT2D eigenvalue weighted by atomic mass is 10.0. The lowest BCUT2D eigenvalue weighted by Gasteiger charge is -2.30. The van der Waals surface area contributed by atoms with E-state index in [1.165, 1.54) is 0 Å². The molecule has 2 aliphatic heterocycles. The minimum atomic E-state index is -0.446. The summed E-state index contributed by atoms with van der Waals surface area (Å²) in [6.45, 7) is 3.05. The second-order valence-corrected chi connectivity index (χ2v) is 6.14. The molecule has 0 radical (unpaired) electrons. The van der Waals surface area contributed by atoms with Crippen LogP contribution in [0.2, 0.25) is 0 Å². The van der Waals surface area contributed by atoms with E-state index in [1.54, 1.807) is 9.80 Å². The molecule has 2 amide bonds. The standard InChI is InChI=1S/C17H22N2O3/c1-2-12-9-18(10-15(12)20)17(22)11-19-14-6-4-3-5-13(14)7-8-16(19)21/h3-6,12,15,20H,2,7-11H2,1H3/t12-,15+/m0/s1. The fourth-order valence-corrected chi connectivity index (χ4v) is 3.36. The number of anilines is 1. The van der Waals surface area contributed by atoms with Crippen molar-refractivity contribution in [2.45, 2.75) is 32.3 Å². The van der Waals surface area contributed by atoms with Crippen LogP contribution in [0.25, 0.3) is 0 Å². The molecule has 0 unspecified atom stereocenters. The van der Waals surface area contributed by atoms with Gasteiger partial charge in [-0.1, -0.05) is 25.1 Å². The Morgan fingerprint density at radius 3 is 2.77 bits per heavy atom. The van der Waals surface area contributed by atoms with Crippen molar-refractivity contribution in [2.24, 2.45) is 5.92 Å². The molecule has 0 aromatic heterocycles. The third-order valence-electron chi connectivity index (χ3n) is 4.77. The van der Waals surface area contributed by atoms with Gasteiger partial charge in [-0.25, -0.2) is 0 Å². The summed E-state index contributed by atoms with van der Waals surface area (Å²) < 4.78 is 0. The molecule has 0 aliphatic carbocycles. The smallest absolute Gasteiger partial charge is 0.242 e. The van der Waals surface area contributed by atoms with Crippen LogP contribution in [0.1, 0.15) is 25.3 Å². The van der Waals surface area contributed by atoms with Gasteiger partial charge in [-0.05, 0) is 24.5 Å². The van der Waals surface area contributed by atoms with Gasteiger partial charge in [-0.15, -0.1) is 0 Å². The first-order chi connectivity index (χ1) is 10.6. The maximum atomic E-state index is 12.5. The van der Waals surface area contributed by atoms with Crippen molar-refractivity contribution in [1.82, 2.24) is 4.90 Å². The van der Waals surface area contributed by atoms with Gasteiger partial charge in [-0.3, -0.25) is 9.59 Å². The summed E-state index contributed by atoms with van der Waals surface area (Å²) in [7, 11) is 0. The predicted molar refractivity (Wildman–Crippen MR) is 83.5 cm³/mol. The van der Waals surface area contributed by atoms with Crippen molar-refractivity contribution in [1.29, 1.82) is 0 Å². The number of β-amino-alcohol motifs (C(OH)–C–C–N with tert-alkyl or cyclic N) is 1. The van der Waals surface area contributed by atoms with Crippen LogP contribution in [0.5, 0.6) is 0 Å². The molecule has 0 saturated carbocycles. The number of para-hydroxylation sites is 1. The zero-order valence-electron chi connectivity index (χ0n) is 12.9. The molecular formula is C17H22N2O3. The molecule has 1 aromatic rings. The number of aryl methyl sites for hydroxylation is 1. The highest BCUT2D eigenvalue weighted by molar-refractivity contribution is 6.01. The lowest BCUT2D eigenvalue weighted by Crippen LogP contribution is -2.44. The number of rotatable bonds is 3. The number of hydrogen-bond donors (Lipinski definition) is 1. The highest BCUT2D eigenvalue weighted by Gasteiger charge is 2.34. The highest BCUT2D eigenvalue weighted by Crippen LogP contribution is 2.28. The minimum Gasteiger partial charge on any atom is -0.391 e. The molecule has 118 valence electrons. The Balaban J connectivity index is 1.73. The summed E-state index contributed by atoms with van der Waals surface area (Å²) in [5, 5.41) is 9.95. The Kier molecular flexibility index (Phi) is 4.16. The molecule has 5 heteroatoms. The second-order valence-electron chi connectivity index (χ2n) is 6.14. The van der Waals surface area contributed by atoms with Crippen LogP contribution in [0, 0.1) is 5.92 Å². The summed E-state index contributed by atoms with van der Waals surface area (Å²) in [6, 6.07) is 7.75. The van der Waals surface area contributed by atoms with Gasteiger partial charge in [0.05, 0.1) is 6.10 Å². The minimum absolute atomic E-state index is 0.00108. The Morgan fingerprint density at radius 2 is 2.05 bits per heavy atom. The molecule has 2 heterocycles. The average molecular weight is 302 g/mol. The molecule has 1 fully saturated rings. The zero-order chi connectivity index (χ0) is 15.7. The third kappa shape index (κ3) is 2.73. The topological polar surface area (TPSA) is 60.9 Å². The van der Waals surface area contributed by atoms with E-state index in [4.69, 9.17) is 0 Å². The number of aliphatic hydroxyl groups excluding tert-OH is 1. The Bertz CT molecular complexity index is 587. The van der Waals surface area contributed by atoms with Crippen LogP contribution in [0.4, 0.5) is 5.69 Å². The fourth-order valence-electron chi connectivity index (χ4n) is 3.36. The molecule has 22 heavy (non-hydrogen) atoms. The van der Waals surface area contributed by atoms with E-state index in [0.29, 0.717) is 19.5 Å². The lowest BCUT2D eigenvalue weighted by molar-refractivity contribution is -0.131. The summed E-state index contributed by atoms with van der Waals surface area (Å²) >= 11 is 0.